The average molecular weight is 456 g/mol. The highest BCUT2D eigenvalue weighted by Gasteiger charge is 2.63. The molecule has 4 saturated carbocycles. The van der Waals surface area contributed by atoms with Crippen LogP contribution in [0.15, 0.2) is 15.0 Å². The van der Waals surface area contributed by atoms with Crippen LogP contribution in [-0.2, 0) is 4.79 Å². The van der Waals surface area contributed by atoms with Gasteiger partial charge in [0.2, 0.25) is 5.91 Å². The Bertz CT molecular complexity index is 855. The van der Waals surface area contributed by atoms with Crippen molar-refractivity contribution in [1.82, 2.24) is 0 Å². The number of aliphatic hydroxyl groups is 2. The van der Waals surface area contributed by atoms with Gasteiger partial charge < -0.3 is 10.2 Å². The third-order valence-corrected chi connectivity index (χ3v) is 11.0. The zero-order valence-corrected chi connectivity index (χ0v) is 20.5. The number of aliphatic imine (C=N–C) groups is 3. The van der Waals surface area contributed by atoms with E-state index in [0.29, 0.717) is 41.9 Å². The van der Waals surface area contributed by atoms with E-state index in [0.717, 1.165) is 38.5 Å². The number of fused-ring (bicyclic) bond motifs is 5. The molecule has 4 fully saturated rings. The number of aliphatic hydroxyl groups excluding tert-OH is 2. The van der Waals surface area contributed by atoms with Gasteiger partial charge in [-0.25, -0.2) is 9.98 Å². The largest absolute Gasteiger partial charge is 0.393 e. The van der Waals surface area contributed by atoms with Crippen molar-refractivity contribution in [3.8, 4) is 0 Å². The molecule has 4 aliphatic carbocycles. The van der Waals surface area contributed by atoms with Gasteiger partial charge in [-0.15, -0.1) is 0 Å². The summed E-state index contributed by atoms with van der Waals surface area (Å²) in [6.07, 6.45) is 12.6. The van der Waals surface area contributed by atoms with Gasteiger partial charge in [-0.05, 0) is 104 Å². The first-order valence-corrected chi connectivity index (χ1v) is 13.3. The minimum Gasteiger partial charge on any atom is -0.393 e. The van der Waals surface area contributed by atoms with Gasteiger partial charge in [0, 0.05) is 18.9 Å². The molecule has 0 aromatic heterocycles. The highest BCUT2D eigenvalue weighted by molar-refractivity contribution is 6.26. The Morgan fingerprint density at radius 3 is 2.61 bits per heavy atom. The first-order valence-electron chi connectivity index (χ1n) is 13.3. The molecular weight excluding hydrogens is 414 g/mol. The monoisotopic (exact) mass is 455 g/mol. The summed E-state index contributed by atoms with van der Waals surface area (Å²) in [6, 6.07) is 0. The second kappa shape index (κ2) is 8.67. The summed E-state index contributed by atoms with van der Waals surface area (Å²) >= 11 is 0. The lowest BCUT2D eigenvalue weighted by Crippen LogP contribution is -2.58. The van der Waals surface area contributed by atoms with Gasteiger partial charge in [-0.1, -0.05) is 20.8 Å². The molecule has 0 unspecified atom stereocenters. The Morgan fingerprint density at radius 1 is 1.09 bits per heavy atom. The molecule has 0 aromatic carbocycles. The van der Waals surface area contributed by atoms with E-state index >= 15 is 0 Å². The molecule has 182 valence electrons. The molecule has 2 N–H and O–H groups in total. The molecule has 0 radical (unpaired) electrons. The van der Waals surface area contributed by atoms with Gasteiger partial charge >= 0.3 is 0 Å². The zero-order valence-electron chi connectivity index (χ0n) is 20.5. The van der Waals surface area contributed by atoms with Gasteiger partial charge in [0.05, 0.1) is 12.2 Å². The first kappa shape index (κ1) is 23.3. The molecule has 6 nitrogen and oxygen atoms in total. The van der Waals surface area contributed by atoms with E-state index in [1.165, 1.54) is 19.3 Å². The molecule has 6 heteroatoms. The van der Waals surface area contributed by atoms with Crippen LogP contribution >= 0.6 is 0 Å². The van der Waals surface area contributed by atoms with Crippen molar-refractivity contribution in [1.29, 1.82) is 0 Å². The van der Waals surface area contributed by atoms with Crippen LogP contribution in [0, 0.1) is 46.3 Å². The number of hydrogen-bond donors (Lipinski definition) is 2. The summed E-state index contributed by atoms with van der Waals surface area (Å²) in [7, 11) is 0. The van der Waals surface area contributed by atoms with Crippen LogP contribution in [0.1, 0.15) is 85.0 Å². The zero-order chi connectivity index (χ0) is 23.4. The molecule has 1 aliphatic heterocycles. The van der Waals surface area contributed by atoms with E-state index in [2.05, 4.69) is 35.7 Å². The normalized spacial score (nSPS) is 47.1. The first-order chi connectivity index (χ1) is 15.7. The van der Waals surface area contributed by atoms with E-state index in [1.54, 1.807) is 12.4 Å². The molecule has 10 atom stereocenters. The van der Waals surface area contributed by atoms with Crippen LogP contribution in [0.25, 0.3) is 0 Å². The number of rotatable bonds is 4. The molecule has 0 aromatic rings. The van der Waals surface area contributed by atoms with Crippen molar-refractivity contribution in [3.05, 3.63) is 0 Å². The fraction of sp³-hybridized carbons (Fsp3) is 0.852. The van der Waals surface area contributed by atoms with Crippen molar-refractivity contribution in [2.45, 2.75) is 97.2 Å². The molecule has 0 bridgehead atoms. The molecule has 5 rings (SSSR count). The Morgan fingerprint density at radius 2 is 1.85 bits per heavy atom. The molecular formula is C27H41N3O3. The van der Waals surface area contributed by atoms with Crippen LogP contribution in [0.3, 0.4) is 0 Å². The van der Waals surface area contributed by atoms with Crippen molar-refractivity contribution in [2.24, 2.45) is 61.3 Å². The third kappa shape index (κ3) is 3.85. The summed E-state index contributed by atoms with van der Waals surface area (Å²) in [5.74, 6) is 3.38. The Balaban J connectivity index is 1.28. The number of carbonyl (C=O) groups is 1. The second-order valence-electron chi connectivity index (χ2n) is 12.3. The SMILES string of the molecule is C[C@H](CCC(=O)N=C1N=CC=N1)[C@@H]1CC[C@@H]2[C@@H]3CC[C@H]4C[C@H](O)CC[C@]4(C)[C@@H]3C[C@H](O)[C@@]21C. The lowest BCUT2D eigenvalue weighted by Gasteiger charge is -2.62. The highest BCUT2D eigenvalue weighted by atomic mass is 16.3. The van der Waals surface area contributed by atoms with Crippen molar-refractivity contribution in [2.75, 3.05) is 0 Å². The molecule has 0 saturated heterocycles. The second-order valence-corrected chi connectivity index (χ2v) is 12.3. The van der Waals surface area contributed by atoms with E-state index < -0.39 is 0 Å². The van der Waals surface area contributed by atoms with E-state index in [1.807, 2.05) is 0 Å². The number of carbonyl (C=O) groups excluding carboxylic acids is 1. The smallest absolute Gasteiger partial charge is 0.252 e. The van der Waals surface area contributed by atoms with Crippen LogP contribution < -0.4 is 0 Å². The Kier molecular flexibility index (Phi) is 6.14. The maximum absolute atomic E-state index is 12.3. The maximum atomic E-state index is 12.3. The van der Waals surface area contributed by atoms with Gasteiger partial charge in [0.1, 0.15) is 0 Å². The predicted molar refractivity (Wildman–Crippen MR) is 130 cm³/mol. The minimum absolute atomic E-state index is 0.0626. The predicted octanol–water partition coefficient (Wildman–Crippen LogP) is 4.43. The van der Waals surface area contributed by atoms with Gasteiger partial charge in [-0.3, -0.25) is 4.79 Å². The summed E-state index contributed by atoms with van der Waals surface area (Å²) in [5, 5.41) is 21.9. The highest BCUT2D eigenvalue weighted by Crippen LogP contribution is 2.68. The van der Waals surface area contributed by atoms with Crippen LogP contribution in [0.2, 0.25) is 0 Å². The standard InChI is InChI=1S/C27H41N3O3/c1-16(4-9-24(33)30-25-28-12-13-29-25)20-7-8-21-19-6-5-17-14-18(31)10-11-26(17,2)22(19)15-23(32)27(20,21)3/h12-13,16-23,31-32H,4-11,14-15H2,1-3H3/t16-,17+,18-,19+,20+,21-,22-,23+,26+,27-/m1/s1. The maximum Gasteiger partial charge on any atom is 0.252 e. The summed E-state index contributed by atoms with van der Waals surface area (Å²) in [4.78, 5) is 24.3. The summed E-state index contributed by atoms with van der Waals surface area (Å²) in [6.45, 7) is 7.09. The number of hydrogen-bond acceptors (Lipinski definition) is 3. The van der Waals surface area contributed by atoms with Gasteiger partial charge in [-0.2, -0.15) is 4.99 Å². The topological polar surface area (TPSA) is 94.6 Å². The van der Waals surface area contributed by atoms with Crippen molar-refractivity contribution in [3.63, 3.8) is 0 Å². The fourth-order valence-electron chi connectivity index (χ4n) is 9.17. The van der Waals surface area contributed by atoms with E-state index in [9.17, 15) is 15.0 Å². The van der Waals surface area contributed by atoms with Crippen LogP contribution in [-0.4, -0.2) is 46.7 Å². The van der Waals surface area contributed by atoms with Crippen LogP contribution in [0.4, 0.5) is 0 Å². The molecule has 33 heavy (non-hydrogen) atoms. The Hall–Kier alpha value is -1.40. The van der Waals surface area contributed by atoms with E-state index in [-0.39, 0.29) is 34.9 Å². The molecule has 1 heterocycles. The van der Waals surface area contributed by atoms with Crippen LogP contribution in [0.5, 0.6) is 0 Å². The quantitative estimate of drug-likeness (QED) is 0.656. The third-order valence-electron chi connectivity index (χ3n) is 11.0. The fourth-order valence-corrected chi connectivity index (χ4v) is 9.17. The molecule has 0 spiro atoms. The summed E-state index contributed by atoms with van der Waals surface area (Å²) in [5.41, 5.74) is 0.206. The lowest BCUT2D eigenvalue weighted by atomic mass is 9.43. The van der Waals surface area contributed by atoms with Crippen molar-refractivity contribution < 1.29 is 15.0 Å². The van der Waals surface area contributed by atoms with Gasteiger partial charge in [0.25, 0.3) is 5.96 Å². The molecule has 5 aliphatic rings. The number of guanidine groups is 1. The average Bonchev–Trinajstić information content (AvgIpc) is 3.41. The lowest BCUT2D eigenvalue weighted by molar-refractivity contribution is -0.174. The molecule has 1 amide bonds. The van der Waals surface area contributed by atoms with Gasteiger partial charge in [0.15, 0.2) is 0 Å². The number of amides is 1. The van der Waals surface area contributed by atoms with E-state index in [4.69, 9.17) is 0 Å². The minimum atomic E-state index is -0.278. The Labute approximate surface area is 198 Å². The summed E-state index contributed by atoms with van der Waals surface area (Å²) < 4.78 is 0. The van der Waals surface area contributed by atoms with Crippen molar-refractivity contribution >= 4 is 24.3 Å². The number of nitrogens with zero attached hydrogens (tertiary/aromatic N) is 3.